The van der Waals surface area contributed by atoms with Crippen LogP contribution in [0.2, 0.25) is 0 Å². The molecule has 1 aromatic heterocycles. The van der Waals surface area contributed by atoms with Gasteiger partial charge in [-0.2, -0.15) is 13.2 Å². The minimum Gasteiger partial charge on any atom is -0.366 e. The van der Waals surface area contributed by atoms with Gasteiger partial charge in [0.25, 0.3) is 5.78 Å². The molecule has 1 aromatic carbocycles. The van der Waals surface area contributed by atoms with Crippen LogP contribution in [0.25, 0.3) is 10.1 Å². The molecule has 2 unspecified atom stereocenters. The van der Waals surface area contributed by atoms with Crippen molar-refractivity contribution in [3.05, 3.63) is 46.5 Å². The van der Waals surface area contributed by atoms with Gasteiger partial charge in [-0.3, -0.25) is 24.0 Å². The second-order valence-corrected chi connectivity index (χ2v) is 11.8. The van der Waals surface area contributed by atoms with E-state index in [0.29, 0.717) is 29.5 Å². The van der Waals surface area contributed by atoms with E-state index < -0.39 is 53.9 Å². The molecule has 228 valence electrons. The topological polar surface area (TPSA) is 122 Å². The monoisotopic (exact) mass is 608 g/mol. The van der Waals surface area contributed by atoms with Crippen LogP contribution in [0.15, 0.2) is 40.9 Å². The molecule has 0 aliphatic carbocycles. The number of ketones is 1. The third-order valence-corrected chi connectivity index (χ3v) is 9.10. The summed E-state index contributed by atoms with van der Waals surface area (Å²) in [6, 6.07) is 3.30. The van der Waals surface area contributed by atoms with Crippen LogP contribution >= 0.6 is 11.3 Å². The average Bonchev–Trinajstić information content (AvgIpc) is 3.65. The number of rotatable bonds is 10. The molecule has 0 bridgehead atoms. The Morgan fingerprint density at radius 1 is 1.21 bits per heavy atom. The van der Waals surface area contributed by atoms with Gasteiger partial charge in [-0.1, -0.05) is 38.5 Å². The summed E-state index contributed by atoms with van der Waals surface area (Å²) in [5.74, 6) is -4.29. The van der Waals surface area contributed by atoms with E-state index in [9.17, 15) is 32.3 Å². The second-order valence-electron chi connectivity index (χ2n) is 10.8. The Balaban J connectivity index is 1.59. The summed E-state index contributed by atoms with van der Waals surface area (Å²) in [6.07, 6.45) is -4.96. The number of halogens is 3. The Morgan fingerprint density at radius 2 is 1.90 bits per heavy atom. The SMILES string of the molecule is CCC(C)[C@H](C(=O)N1CCC[C@H]1C(=O)N[C@@H](Cc1csc2ccccc12)C(=O)C(F)(F)F)N1OC(C)C(C(N)=O)=C1C. The summed E-state index contributed by atoms with van der Waals surface area (Å²) in [4.78, 5) is 59.2. The zero-order chi connectivity index (χ0) is 30.9. The predicted octanol–water partition coefficient (Wildman–Crippen LogP) is 3.86. The molecule has 5 atom stereocenters. The van der Waals surface area contributed by atoms with E-state index in [4.69, 9.17) is 10.6 Å². The summed E-state index contributed by atoms with van der Waals surface area (Å²) in [5, 5.41) is 6.09. The lowest BCUT2D eigenvalue weighted by Crippen LogP contribution is -2.57. The van der Waals surface area contributed by atoms with Crippen molar-refractivity contribution < 1.29 is 37.2 Å². The van der Waals surface area contributed by atoms with E-state index >= 15 is 0 Å². The van der Waals surface area contributed by atoms with Gasteiger partial charge in [-0.25, -0.2) is 5.06 Å². The highest BCUT2D eigenvalue weighted by Crippen LogP contribution is 2.34. The maximum atomic E-state index is 14.0. The van der Waals surface area contributed by atoms with Gasteiger partial charge < -0.3 is 16.0 Å². The summed E-state index contributed by atoms with van der Waals surface area (Å²) >= 11 is 1.34. The maximum Gasteiger partial charge on any atom is 0.452 e. The Morgan fingerprint density at radius 3 is 2.52 bits per heavy atom. The number of amides is 3. The molecule has 0 radical (unpaired) electrons. The first-order valence-corrected chi connectivity index (χ1v) is 14.8. The predicted molar refractivity (Wildman–Crippen MR) is 151 cm³/mol. The molecule has 4 rings (SSSR count). The minimum absolute atomic E-state index is 0.200. The van der Waals surface area contributed by atoms with Gasteiger partial charge in [0.2, 0.25) is 17.7 Å². The molecule has 13 heteroatoms. The minimum atomic E-state index is -5.16. The molecule has 42 heavy (non-hydrogen) atoms. The summed E-state index contributed by atoms with van der Waals surface area (Å²) in [7, 11) is 0. The van der Waals surface area contributed by atoms with E-state index in [-0.39, 0.29) is 30.9 Å². The van der Waals surface area contributed by atoms with Gasteiger partial charge in [0.05, 0.1) is 11.3 Å². The lowest BCUT2D eigenvalue weighted by molar-refractivity contribution is -0.186. The second kappa shape index (κ2) is 12.4. The first-order valence-electron chi connectivity index (χ1n) is 13.9. The van der Waals surface area contributed by atoms with Crippen molar-refractivity contribution in [2.24, 2.45) is 11.7 Å². The van der Waals surface area contributed by atoms with Crippen molar-refractivity contribution in [1.82, 2.24) is 15.3 Å². The fraction of sp³-hybridized carbons (Fsp3) is 0.517. The maximum absolute atomic E-state index is 14.0. The highest BCUT2D eigenvalue weighted by molar-refractivity contribution is 7.17. The third-order valence-electron chi connectivity index (χ3n) is 8.09. The number of thiophene rings is 1. The van der Waals surface area contributed by atoms with Crippen molar-refractivity contribution in [3.63, 3.8) is 0 Å². The number of nitrogens with two attached hydrogens (primary N) is 1. The smallest absolute Gasteiger partial charge is 0.366 e. The van der Waals surface area contributed by atoms with Gasteiger partial charge in [0.15, 0.2) is 0 Å². The van der Waals surface area contributed by atoms with Crippen molar-refractivity contribution in [1.29, 1.82) is 0 Å². The quantitative estimate of drug-likeness (QED) is 0.423. The molecule has 2 aromatic rings. The molecular weight excluding hydrogens is 573 g/mol. The first-order chi connectivity index (χ1) is 19.8. The number of carbonyl (C=O) groups is 4. The Bertz CT molecular complexity index is 1410. The van der Waals surface area contributed by atoms with Crippen LogP contribution in [0.4, 0.5) is 13.2 Å². The van der Waals surface area contributed by atoms with Gasteiger partial charge in [0, 0.05) is 17.7 Å². The zero-order valence-electron chi connectivity index (χ0n) is 23.9. The lowest BCUT2D eigenvalue weighted by atomic mass is 9.96. The van der Waals surface area contributed by atoms with Crippen LogP contribution in [0.3, 0.4) is 0 Å². The van der Waals surface area contributed by atoms with Crippen molar-refractivity contribution >= 4 is 44.9 Å². The highest BCUT2D eigenvalue weighted by Gasteiger charge is 2.47. The fourth-order valence-electron chi connectivity index (χ4n) is 5.72. The number of carbonyl (C=O) groups excluding carboxylic acids is 4. The zero-order valence-corrected chi connectivity index (χ0v) is 24.7. The fourth-order valence-corrected chi connectivity index (χ4v) is 6.70. The van der Waals surface area contributed by atoms with Crippen molar-refractivity contribution in [3.8, 4) is 0 Å². The summed E-state index contributed by atoms with van der Waals surface area (Å²) in [5.41, 5.74) is 6.68. The molecule has 3 heterocycles. The summed E-state index contributed by atoms with van der Waals surface area (Å²) < 4.78 is 41.7. The number of Topliss-reactive ketones (excluding diaryl/α,β-unsaturated/α-hetero) is 1. The van der Waals surface area contributed by atoms with Crippen LogP contribution in [-0.4, -0.2) is 70.4 Å². The van der Waals surface area contributed by atoms with Gasteiger partial charge in [0.1, 0.15) is 24.2 Å². The normalized spacial score (nSPS) is 21.5. The van der Waals surface area contributed by atoms with Crippen LogP contribution < -0.4 is 11.1 Å². The Hall–Kier alpha value is -3.45. The number of hydroxylamine groups is 2. The van der Waals surface area contributed by atoms with Gasteiger partial charge in [-0.05, 0) is 55.0 Å². The molecule has 2 aliphatic rings. The highest BCUT2D eigenvalue weighted by atomic mass is 32.1. The standard InChI is InChI=1S/C29H35F3N4O5S/c1-5-15(2)24(36-16(3)23(26(33)38)17(4)41-36)28(40)35-12-8-10-21(35)27(39)34-20(25(37)29(30,31)32)13-18-14-42-22-11-7-6-9-19(18)22/h6-7,9,11,14-15,17,20-21,24H,5,8,10,12-13H2,1-4H3,(H2,33,38)(H,34,39)/t15?,17?,20-,21-,24+/m0/s1. The number of hydrogen-bond acceptors (Lipinski definition) is 7. The van der Waals surface area contributed by atoms with Crippen LogP contribution in [0, 0.1) is 5.92 Å². The van der Waals surface area contributed by atoms with E-state index in [1.165, 1.54) is 21.3 Å². The molecule has 3 amide bonds. The van der Waals surface area contributed by atoms with Gasteiger partial charge in [-0.15, -0.1) is 11.3 Å². The number of benzene rings is 1. The van der Waals surface area contributed by atoms with E-state index in [0.717, 1.165) is 4.70 Å². The average molecular weight is 609 g/mol. The number of allylic oxidation sites excluding steroid dienone is 1. The number of primary amides is 1. The molecular formula is C29H35F3N4O5S. The van der Waals surface area contributed by atoms with Crippen LogP contribution in [0.1, 0.15) is 52.5 Å². The first kappa shape index (κ1) is 31.5. The number of fused-ring (bicyclic) bond motifs is 1. The largest absolute Gasteiger partial charge is 0.452 e. The van der Waals surface area contributed by atoms with Gasteiger partial charge >= 0.3 is 6.18 Å². The molecule has 3 N–H and O–H groups in total. The number of nitrogens with zero attached hydrogens (tertiary/aromatic N) is 2. The van der Waals surface area contributed by atoms with Crippen molar-refractivity contribution in [2.45, 2.75) is 83.8 Å². The number of nitrogens with one attached hydrogen (secondary N) is 1. The number of alkyl halides is 3. The van der Waals surface area contributed by atoms with Crippen molar-refractivity contribution in [2.75, 3.05) is 6.54 Å². The molecule has 1 fully saturated rings. The molecule has 0 saturated carbocycles. The third kappa shape index (κ3) is 6.17. The Kier molecular flexibility index (Phi) is 9.31. The van der Waals surface area contributed by atoms with E-state index in [1.54, 1.807) is 37.4 Å². The van der Waals surface area contributed by atoms with E-state index in [1.807, 2.05) is 19.9 Å². The number of likely N-dealkylation sites (tertiary alicyclic amines) is 1. The van der Waals surface area contributed by atoms with Crippen LogP contribution in [0.5, 0.6) is 0 Å². The lowest BCUT2D eigenvalue weighted by Gasteiger charge is -2.37. The van der Waals surface area contributed by atoms with E-state index in [2.05, 4.69) is 5.32 Å². The number of hydrogen-bond donors (Lipinski definition) is 2. The Labute approximate surface area is 245 Å². The van der Waals surface area contributed by atoms with Crippen LogP contribution in [-0.2, 0) is 30.4 Å². The molecule has 2 aliphatic heterocycles. The summed E-state index contributed by atoms with van der Waals surface area (Å²) in [6.45, 7) is 7.19. The molecule has 1 saturated heterocycles. The molecule has 0 spiro atoms. The molecule has 9 nitrogen and oxygen atoms in total.